The summed E-state index contributed by atoms with van der Waals surface area (Å²) in [5.74, 6) is 1.10. The number of ether oxygens (including phenoxy) is 1. The van der Waals surface area contributed by atoms with E-state index in [1.54, 1.807) is 31.4 Å². The Morgan fingerprint density at radius 3 is 2.52 bits per heavy atom. The van der Waals surface area contributed by atoms with Gasteiger partial charge in [0.25, 0.3) is 5.91 Å². The maximum atomic E-state index is 13.1. The molecule has 0 saturated carbocycles. The van der Waals surface area contributed by atoms with Crippen LogP contribution in [0.15, 0.2) is 52.2 Å². The topological polar surface area (TPSA) is 87.4 Å². The van der Waals surface area contributed by atoms with Crippen molar-refractivity contribution in [2.24, 2.45) is 5.10 Å². The first-order valence-corrected chi connectivity index (χ1v) is 10.2. The first-order valence-electron chi connectivity index (χ1n) is 10.2. The Morgan fingerprint density at radius 2 is 1.94 bits per heavy atom. The molecule has 2 heterocycles. The molecule has 1 aliphatic heterocycles. The molecule has 0 bridgehead atoms. The SMILES string of the molecule is COc1ccc(C2=NN(C(=O)CN(C)CC(=O)NC(C)(C)C)[C@@H](c3ccco3)C2)cc1. The Morgan fingerprint density at radius 1 is 1.23 bits per heavy atom. The van der Waals surface area contributed by atoms with Crippen LogP contribution in [0.1, 0.15) is 44.6 Å². The van der Waals surface area contributed by atoms with Crippen molar-refractivity contribution < 1.29 is 18.7 Å². The molecule has 2 amide bonds. The Labute approximate surface area is 182 Å². The summed E-state index contributed by atoms with van der Waals surface area (Å²) in [4.78, 5) is 27.0. The fourth-order valence-electron chi connectivity index (χ4n) is 3.46. The van der Waals surface area contributed by atoms with Gasteiger partial charge in [-0.15, -0.1) is 0 Å². The quantitative estimate of drug-likeness (QED) is 0.736. The lowest BCUT2D eigenvalue weighted by Crippen LogP contribution is -2.46. The van der Waals surface area contributed by atoms with E-state index < -0.39 is 0 Å². The van der Waals surface area contributed by atoms with E-state index in [-0.39, 0.29) is 36.5 Å². The highest BCUT2D eigenvalue weighted by atomic mass is 16.5. The number of hydrogen-bond acceptors (Lipinski definition) is 6. The number of benzene rings is 1. The molecule has 0 fully saturated rings. The van der Waals surface area contributed by atoms with Crippen LogP contribution in [0, 0.1) is 0 Å². The summed E-state index contributed by atoms with van der Waals surface area (Å²) in [6.07, 6.45) is 2.13. The molecule has 0 aliphatic carbocycles. The number of carbonyl (C=O) groups is 2. The maximum Gasteiger partial charge on any atom is 0.257 e. The molecule has 1 aliphatic rings. The van der Waals surface area contributed by atoms with E-state index in [1.807, 2.05) is 51.1 Å². The standard InChI is InChI=1S/C23H30N4O4/c1-23(2,3)24-21(28)14-26(4)15-22(29)27-19(20-7-6-12-31-20)13-18(25-27)16-8-10-17(30-5)11-9-16/h6-12,19H,13-15H2,1-5H3,(H,24,28)/t19-/m1/s1. The van der Waals surface area contributed by atoms with Gasteiger partial charge < -0.3 is 14.5 Å². The Hall–Kier alpha value is -3.13. The molecule has 31 heavy (non-hydrogen) atoms. The van der Waals surface area contributed by atoms with Crippen molar-refractivity contribution in [3.05, 3.63) is 54.0 Å². The number of amides is 2. The predicted octanol–water partition coefficient (Wildman–Crippen LogP) is 2.81. The van der Waals surface area contributed by atoms with E-state index >= 15 is 0 Å². The number of rotatable bonds is 7. The van der Waals surface area contributed by atoms with Crippen molar-refractivity contribution in [1.82, 2.24) is 15.2 Å². The lowest BCUT2D eigenvalue weighted by Gasteiger charge is -2.25. The van der Waals surface area contributed by atoms with Crippen LogP contribution in [0.2, 0.25) is 0 Å². The molecule has 0 radical (unpaired) electrons. The van der Waals surface area contributed by atoms with Crippen molar-refractivity contribution in [3.63, 3.8) is 0 Å². The molecule has 2 aromatic rings. The van der Waals surface area contributed by atoms with Gasteiger partial charge in [0.05, 0.1) is 32.2 Å². The average molecular weight is 427 g/mol. The summed E-state index contributed by atoms with van der Waals surface area (Å²) in [5, 5.41) is 8.99. The zero-order valence-corrected chi connectivity index (χ0v) is 18.7. The molecule has 166 valence electrons. The van der Waals surface area contributed by atoms with Gasteiger partial charge in [-0.3, -0.25) is 14.5 Å². The van der Waals surface area contributed by atoms with E-state index in [1.165, 1.54) is 5.01 Å². The van der Waals surface area contributed by atoms with Crippen LogP contribution in [0.3, 0.4) is 0 Å². The van der Waals surface area contributed by atoms with Crippen molar-refractivity contribution in [2.75, 3.05) is 27.2 Å². The molecule has 0 spiro atoms. The number of hydrogen-bond donors (Lipinski definition) is 1. The Kier molecular flexibility index (Phi) is 6.80. The third-order valence-corrected chi connectivity index (χ3v) is 4.79. The van der Waals surface area contributed by atoms with Gasteiger partial charge >= 0.3 is 0 Å². The maximum absolute atomic E-state index is 13.1. The second-order valence-electron chi connectivity index (χ2n) is 8.72. The monoisotopic (exact) mass is 426 g/mol. The fraction of sp³-hybridized carbons (Fsp3) is 0.435. The van der Waals surface area contributed by atoms with Crippen molar-refractivity contribution in [3.8, 4) is 5.75 Å². The van der Waals surface area contributed by atoms with Crippen LogP contribution in [0.5, 0.6) is 5.75 Å². The highest BCUT2D eigenvalue weighted by Crippen LogP contribution is 2.33. The van der Waals surface area contributed by atoms with Crippen LogP contribution in [-0.4, -0.2) is 60.2 Å². The minimum Gasteiger partial charge on any atom is -0.497 e. The van der Waals surface area contributed by atoms with Gasteiger partial charge in [0.15, 0.2) is 0 Å². The predicted molar refractivity (Wildman–Crippen MR) is 118 cm³/mol. The van der Waals surface area contributed by atoms with Crippen LogP contribution in [0.4, 0.5) is 0 Å². The largest absolute Gasteiger partial charge is 0.497 e. The number of nitrogens with one attached hydrogen (secondary N) is 1. The number of likely N-dealkylation sites (N-methyl/N-ethyl adjacent to an activating group) is 1. The number of nitrogens with zero attached hydrogens (tertiary/aromatic N) is 3. The minimum absolute atomic E-state index is 0.0637. The second-order valence-corrected chi connectivity index (χ2v) is 8.72. The van der Waals surface area contributed by atoms with Gasteiger partial charge in [-0.1, -0.05) is 0 Å². The van der Waals surface area contributed by atoms with Crippen LogP contribution < -0.4 is 10.1 Å². The van der Waals surface area contributed by atoms with E-state index in [4.69, 9.17) is 9.15 Å². The van der Waals surface area contributed by atoms with E-state index in [9.17, 15) is 9.59 Å². The average Bonchev–Trinajstić information content (AvgIpc) is 3.36. The number of carbonyl (C=O) groups excluding carboxylic acids is 2. The van der Waals surface area contributed by atoms with Crippen molar-refractivity contribution >= 4 is 17.5 Å². The molecule has 8 heteroatoms. The molecule has 1 aromatic heterocycles. The van der Waals surface area contributed by atoms with Gasteiger partial charge in [0.1, 0.15) is 17.6 Å². The van der Waals surface area contributed by atoms with E-state index in [0.29, 0.717) is 12.2 Å². The third kappa shape index (κ3) is 5.95. The lowest BCUT2D eigenvalue weighted by molar-refractivity contribution is -0.134. The number of furan rings is 1. The second kappa shape index (κ2) is 9.34. The van der Waals surface area contributed by atoms with Crippen molar-refractivity contribution in [1.29, 1.82) is 0 Å². The normalized spacial score (nSPS) is 16.4. The molecular weight excluding hydrogens is 396 g/mol. The third-order valence-electron chi connectivity index (χ3n) is 4.79. The Balaban J connectivity index is 1.73. The van der Waals surface area contributed by atoms with Gasteiger partial charge in [0, 0.05) is 12.0 Å². The smallest absolute Gasteiger partial charge is 0.257 e. The lowest BCUT2D eigenvalue weighted by atomic mass is 10.0. The molecule has 1 atom stereocenters. The summed E-state index contributed by atoms with van der Waals surface area (Å²) in [6.45, 7) is 5.95. The zero-order valence-electron chi connectivity index (χ0n) is 18.7. The van der Waals surface area contributed by atoms with Gasteiger partial charge in [0.2, 0.25) is 5.91 Å². The van der Waals surface area contributed by atoms with Gasteiger partial charge in [-0.05, 0) is 69.8 Å². The first-order chi connectivity index (χ1) is 14.7. The number of methoxy groups -OCH3 is 1. The van der Waals surface area contributed by atoms with Crippen LogP contribution in [0.25, 0.3) is 0 Å². The van der Waals surface area contributed by atoms with E-state index in [0.717, 1.165) is 17.0 Å². The van der Waals surface area contributed by atoms with Gasteiger partial charge in [-0.2, -0.15) is 5.10 Å². The van der Waals surface area contributed by atoms with Crippen LogP contribution >= 0.6 is 0 Å². The molecule has 3 rings (SSSR count). The molecule has 0 unspecified atom stereocenters. The highest BCUT2D eigenvalue weighted by Gasteiger charge is 2.35. The molecule has 0 saturated heterocycles. The molecular formula is C23H30N4O4. The molecule has 1 aromatic carbocycles. The highest BCUT2D eigenvalue weighted by molar-refractivity contribution is 6.03. The molecule has 1 N–H and O–H groups in total. The van der Waals surface area contributed by atoms with Gasteiger partial charge in [-0.25, -0.2) is 5.01 Å². The summed E-state index contributed by atoms with van der Waals surface area (Å²) in [7, 11) is 3.36. The Bertz CT molecular complexity index is 929. The summed E-state index contributed by atoms with van der Waals surface area (Å²) >= 11 is 0. The summed E-state index contributed by atoms with van der Waals surface area (Å²) < 4.78 is 10.8. The number of hydrazone groups is 1. The first kappa shape index (κ1) is 22.6. The minimum atomic E-state index is -0.323. The fourth-order valence-corrected chi connectivity index (χ4v) is 3.46. The van der Waals surface area contributed by atoms with E-state index in [2.05, 4.69) is 10.4 Å². The zero-order chi connectivity index (χ0) is 22.6. The summed E-state index contributed by atoms with van der Waals surface area (Å²) in [5.41, 5.74) is 1.40. The van der Waals surface area contributed by atoms with Crippen LogP contribution in [-0.2, 0) is 9.59 Å². The molecule has 8 nitrogen and oxygen atoms in total. The summed E-state index contributed by atoms with van der Waals surface area (Å²) in [6, 6.07) is 10.9. The van der Waals surface area contributed by atoms with Crippen molar-refractivity contribution in [2.45, 2.75) is 38.8 Å².